The van der Waals surface area contributed by atoms with E-state index in [1.165, 1.54) is 19.2 Å². The Hall–Kier alpha value is -1.92. The Morgan fingerprint density at radius 2 is 2.08 bits per heavy atom. The Kier molecular flexibility index (Phi) is 5.48. The van der Waals surface area contributed by atoms with Crippen molar-refractivity contribution in [3.8, 4) is 0 Å². The number of hydrogen-bond acceptors (Lipinski definition) is 4. The van der Waals surface area contributed by atoms with Gasteiger partial charge in [-0.2, -0.15) is 5.10 Å². The first-order valence-electron chi connectivity index (χ1n) is 8.27. The van der Waals surface area contributed by atoms with Crippen molar-refractivity contribution in [2.45, 2.75) is 31.8 Å². The van der Waals surface area contributed by atoms with Crippen molar-refractivity contribution >= 4 is 17.5 Å². The fraction of sp³-hybridized carbons (Fsp3) is 0.471. The van der Waals surface area contributed by atoms with E-state index in [1.54, 1.807) is 11.0 Å². The zero-order valence-corrected chi connectivity index (χ0v) is 14.5. The van der Waals surface area contributed by atoms with Gasteiger partial charge in [-0.1, -0.05) is 29.8 Å². The maximum Gasteiger partial charge on any atom is 0.244 e. The first-order valence-corrected chi connectivity index (χ1v) is 8.65. The Bertz CT molecular complexity index is 669. The van der Waals surface area contributed by atoms with E-state index in [1.807, 2.05) is 31.2 Å². The molecule has 2 aromatic rings. The third-order valence-electron chi connectivity index (χ3n) is 4.53. The number of hydrogen-bond donors (Lipinski definition) is 1. The van der Waals surface area contributed by atoms with E-state index in [0.29, 0.717) is 6.54 Å². The van der Waals surface area contributed by atoms with Gasteiger partial charge in [0, 0.05) is 11.6 Å². The molecule has 0 bridgehead atoms. The Morgan fingerprint density at radius 1 is 1.33 bits per heavy atom. The number of halogens is 1. The summed E-state index contributed by atoms with van der Waals surface area (Å²) in [7, 11) is 0. The Labute approximate surface area is 146 Å². The first kappa shape index (κ1) is 16.9. The number of benzene rings is 1. The van der Waals surface area contributed by atoms with Crippen molar-refractivity contribution in [1.82, 2.24) is 25.0 Å². The number of carbonyl (C=O) groups excluding carboxylic acids is 1. The topological polar surface area (TPSA) is 63.1 Å². The van der Waals surface area contributed by atoms with Gasteiger partial charge >= 0.3 is 0 Å². The molecule has 0 saturated carbocycles. The van der Waals surface area contributed by atoms with E-state index in [2.05, 4.69) is 20.3 Å². The van der Waals surface area contributed by atoms with Crippen LogP contribution in [-0.4, -0.2) is 45.2 Å². The van der Waals surface area contributed by atoms with Gasteiger partial charge in [-0.25, -0.2) is 9.67 Å². The molecule has 1 aromatic heterocycles. The van der Waals surface area contributed by atoms with Gasteiger partial charge in [0.2, 0.25) is 5.91 Å². The number of aromatic nitrogens is 3. The SMILES string of the molecule is C[C@H](C(=O)NC[C@H](c1ccccc1Cl)N1CCCC1)n1cncn1. The Balaban J connectivity index is 1.70. The van der Waals surface area contributed by atoms with Crippen LogP contribution in [0.3, 0.4) is 0 Å². The van der Waals surface area contributed by atoms with Crippen molar-refractivity contribution in [3.63, 3.8) is 0 Å². The fourth-order valence-corrected chi connectivity index (χ4v) is 3.38. The smallest absolute Gasteiger partial charge is 0.244 e. The molecule has 2 heterocycles. The summed E-state index contributed by atoms with van der Waals surface area (Å²) in [6.07, 6.45) is 5.35. The van der Waals surface area contributed by atoms with E-state index >= 15 is 0 Å². The quantitative estimate of drug-likeness (QED) is 0.871. The van der Waals surface area contributed by atoms with Gasteiger partial charge in [0.1, 0.15) is 18.7 Å². The zero-order valence-electron chi connectivity index (χ0n) is 13.7. The number of nitrogens with one attached hydrogen (secondary N) is 1. The molecule has 0 spiro atoms. The summed E-state index contributed by atoms with van der Waals surface area (Å²) in [5.74, 6) is -0.0725. The highest BCUT2D eigenvalue weighted by Gasteiger charge is 2.26. The molecule has 3 rings (SSSR count). The molecule has 24 heavy (non-hydrogen) atoms. The van der Waals surface area contributed by atoms with Crippen molar-refractivity contribution in [2.75, 3.05) is 19.6 Å². The molecule has 1 amide bonds. The highest BCUT2D eigenvalue weighted by molar-refractivity contribution is 6.31. The van der Waals surface area contributed by atoms with E-state index < -0.39 is 6.04 Å². The van der Waals surface area contributed by atoms with Gasteiger partial charge < -0.3 is 5.32 Å². The Morgan fingerprint density at radius 3 is 2.75 bits per heavy atom. The predicted molar refractivity (Wildman–Crippen MR) is 92.7 cm³/mol. The maximum absolute atomic E-state index is 12.4. The number of nitrogens with zero attached hydrogens (tertiary/aromatic N) is 4. The van der Waals surface area contributed by atoms with Crippen LogP contribution in [-0.2, 0) is 4.79 Å². The van der Waals surface area contributed by atoms with Crippen molar-refractivity contribution in [3.05, 3.63) is 47.5 Å². The van der Waals surface area contributed by atoms with Crippen LogP contribution in [0.15, 0.2) is 36.9 Å². The monoisotopic (exact) mass is 347 g/mol. The third kappa shape index (κ3) is 3.76. The van der Waals surface area contributed by atoms with Gasteiger partial charge in [-0.05, 0) is 44.5 Å². The summed E-state index contributed by atoms with van der Waals surface area (Å²) in [6.45, 7) is 4.40. The normalized spacial score (nSPS) is 17.6. The van der Waals surface area contributed by atoms with Crippen LogP contribution in [0, 0.1) is 0 Å². The number of carbonyl (C=O) groups is 1. The van der Waals surface area contributed by atoms with Crippen LogP contribution in [0.2, 0.25) is 5.02 Å². The molecule has 2 atom stereocenters. The van der Waals surface area contributed by atoms with Gasteiger partial charge in [0.25, 0.3) is 0 Å². The highest BCUT2D eigenvalue weighted by Crippen LogP contribution is 2.29. The third-order valence-corrected chi connectivity index (χ3v) is 4.87. The molecule has 6 nitrogen and oxygen atoms in total. The molecule has 0 aliphatic carbocycles. The average molecular weight is 348 g/mol. The zero-order chi connectivity index (χ0) is 16.9. The maximum atomic E-state index is 12.4. The van der Waals surface area contributed by atoms with Gasteiger partial charge in [0.15, 0.2) is 0 Å². The second-order valence-electron chi connectivity index (χ2n) is 6.08. The van der Waals surface area contributed by atoms with E-state index in [0.717, 1.165) is 23.7 Å². The molecule has 1 saturated heterocycles. The molecule has 128 valence electrons. The van der Waals surface area contributed by atoms with Gasteiger partial charge in [0.05, 0.1) is 6.04 Å². The van der Waals surface area contributed by atoms with Gasteiger partial charge in [-0.15, -0.1) is 0 Å². The largest absolute Gasteiger partial charge is 0.352 e. The minimum absolute atomic E-state index is 0.0725. The van der Waals surface area contributed by atoms with E-state index in [9.17, 15) is 4.79 Å². The van der Waals surface area contributed by atoms with Gasteiger partial charge in [-0.3, -0.25) is 9.69 Å². The molecule has 0 radical (unpaired) electrons. The summed E-state index contributed by atoms with van der Waals surface area (Å²) in [4.78, 5) is 18.7. The lowest BCUT2D eigenvalue weighted by Gasteiger charge is -2.29. The molecular weight excluding hydrogens is 326 g/mol. The van der Waals surface area contributed by atoms with Crippen LogP contribution < -0.4 is 5.32 Å². The van der Waals surface area contributed by atoms with Crippen LogP contribution >= 0.6 is 11.6 Å². The van der Waals surface area contributed by atoms with Crippen LogP contribution in [0.25, 0.3) is 0 Å². The lowest BCUT2D eigenvalue weighted by Crippen LogP contribution is -2.39. The van der Waals surface area contributed by atoms with Crippen molar-refractivity contribution in [1.29, 1.82) is 0 Å². The second kappa shape index (κ2) is 7.77. The lowest BCUT2D eigenvalue weighted by atomic mass is 10.1. The lowest BCUT2D eigenvalue weighted by molar-refractivity contribution is -0.124. The fourth-order valence-electron chi connectivity index (χ4n) is 3.12. The predicted octanol–water partition coefficient (Wildman–Crippen LogP) is 2.45. The first-order chi connectivity index (χ1) is 11.7. The minimum atomic E-state index is -0.391. The molecule has 1 aromatic carbocycles. The number of likely N-dealkylation sites (tertiary alicyclic amines) is 1. The van der Waals surface area contributed by atoms with Crippen LogP contribution in [0.4, 0.5) is 0 Å². The summed E-state index contributed by atoms with van der Waals surface area (Å²) >= 11 is 6.39. The number of rotatable bonds is 6. The average Bonchev–Trinajstić information content (AvgIpc) is 3.29. The molecule has 1 N–H and O–H groups in total. The standard InChI is InChI=1S/C17H22ClN5O/c1-13(23-12-19-11-21-23)17(24)20-10-16(22-8-4-5-9-22)14-6-2-3-7-15(14)18/h2-3,6-7,11-13,16H,4-5,8-10H2,1H3,(H,20,24)/t13-,16-/m1/s1. The van der Waals surface area contributed by atoms with E-state index in [-0.39, 0.29) is 11.9 Å². The summed E-state index contributed by atoms with van der Waals surface area (Å²) in [6, 6.07) is 7.56. The highest BCUT2D eigenvalue weighted by atomic mass is 35.5. The van der Waals surface area contributed by atoms with Crippen molar-refractivity contribution in [2.24, 2.45) is 0 Å². The molecular formula is C17H22ClN5O. The summed E-state index contributed by atoms with van der Waals surface area (Å²) in [5, 5.41) is 7.82. The molecule has 1 aliphatic heterocycles. The molecule has 1 fully saturated rings. The van der Waals surface area contributed by atoms with Crippen LogP contribution in [0.1, 0.15) is 37.4 Å². The molecule has 7 heteroatoms. The summed E-state index contributed by atoms with van der Waals surface area (Å²) < 4.78 is 1.55. The molecule has 0 unspecified atom stereocenters. The number of amides is 1. The second-order valence-corrected chi connectivity index (χ2v) is 6.48. The van der Waals surface area contributed by atoms with Crippen LogP contribution in [0.5, 0.6) is 0 Å². The van der Waals surface area contributed by atoms with Crippen molar-refractivity contribution < 1.29 is 4.79 Å². The molecule has 1 aliphatic rings. The summed E-state index contributed by atoms with van der Waals surface area (Å²) in [5.41, 5.74) is 1.06. The van der Waals surface area contributed by atoms with E-state index in [4.69, 9.17) is 11.6 Å². The minimum Gasteiger partial charge on any atom is -0.352 e.